The Morgan fingerprint density at radius 1 is 1.21 bits per heavy atom. The Morgan fingerprint density at radius 3 is 2.63 bits per heavy atom. The van der Waals surface area contributed by atoms with Gasteiger partial charge in [-0.05, 0) is 23.8 Å². The second-order valence-corrected chi connectivity index (χ2v) is 4.35. The van der Waals surface area contributed by atoms with Crippen LogP contribution in [0.25, 0.3) is 0 Å². The zero-order valence-corrected chi connectivity index (χ0v) is 10.8. The van der Waals surface area contributed by atoms with Crippen molar-refractivity contribution in [2.45, 2.75) is 6.10 Å². The zero-order valence-electron chi connectivity index (χ0n) is 10.0. The normalized spacial score (nSPS) is 12.3. The van der Waals surface area contributed by atoms with E-state index >= 15 is 0 Å². The van der Waals surface area contributed by atoms with Gasteiger partial charge in [-0.25, -0.2) is 8.78 Å². The third-order valence-electron chi connectivity index (χ3n) is 2.77. The molecule has 0 aliphatic rings. The third-order valence-corrected chi connectivity index (χ3v) is 3.08. The molecular weight excluding hydrogens is 274 g/mol. The van der Waals surface area contributed by atoms with Crippen molar-refractivity contribution in [3.05, 3.63) is 64.2 Å². The van der Waals surface area contributed by atoms with E-state index in [1.165, 1.54) is 37.4 Å². The molecule has 1 N–H and O–H groups in total. The molecule has 2 rings (SSSR count). The molecule has 0 fully saturated rings. The van der Waals surface area contributed by atoms with Crippen molar-refractivity contribution >= 4 is 11.6 Å². The number of ether oxygens (including phenoxy) is 1. The highest BCUT2D eigenvalue weighted by molar-refractivity contribution is 6.32. The molecule has 0 saturated carbocycles. The van der Waals surface area contributed by atoms with Crippen LogP contribution >= 0.6 is 11.6 Å². The molecule has 0 heterocycles. The van der Waals surface area contributed by atoms with E-state index in [-0.39, 0.29) is 5.56 Å². The van der Waals surface area contributed by atoms with Crippen molar-refractivity contribution in [2.24, 2.45) is 0 Å². The third kappa shape index (κ3) is 2.69. The second-order valence-electron chi connectivity index (χ2n) is 3.94. The maximum atomic E-state index is 13.6. The largest absolute Gasteiger partial charge is 0.495 e. The van der Waals surface area contributed by atoms with E-state index in [1.54, 1.807) is 0 Å². The monoisotopic (exact) mass is 284 g/mol. The lowest BCUT2D eigenvalue weighted by Gasteiger charge is -2.14. The average molecular weight is 285 g/mol. The fourth-order valence-electron chi connectivity index (χ4n) is 1.76. The van der Waals surface area contributed by atoms with Crippen LogP contribution in [0, 0.1) is 11.6 Å². The summed E-state index contributed by atoms with van der Waals surface area (Å²) in [7, 11) is 1.43. The lowest BCUT2D eigenvalue weighted by atomic mass is 10.0. The minimum absolute atomic E-state index is 0.135. The number of hydrogen-bond donors (Lipinski definition) is 1. The highest BCUT2D eigenvalue weighted by atomic mass is 35.5. The first-order chi connectivity index (χ1) is 9.04. The Balaban J connectivity index is 2.44. The Kier molecular flexibility index (Phi) is 4.02. The van der Waals surface area contributed by atoms with E-state index in [2.05, 4.69) is 0 Å². The Labute approximate surface area is 114 Å². The maximum absolute atomic E-state index is 13.6. The van der Waals surface area contributed by atoms with Crippen LogP contribution in [0.5, 0.6) is 5.75 Å². The van der Waals surface area contributed by atoms with Crippen LogP contribution < -0.4 is 4.74 Å². The van der Waals surface area contributed by atoms with Crippen LogP contribution in [0.15, 0.2) is 36.4 Å². The minimum atomic E-state index is -1.29. The average Bonchev–Trinajstić information content (AvgIpc) is 2.41. The number of aliphatic hydroxyl groups is 1. The summed E-state index contributed by atoms with van der Waals surface area (Å²) in [5.74, 6) is -1.71. The number of methoxy groups -OCH3 is 1. The van der Waals surface area contributed by atoms with Gasteiger partial charge in [0.2, 0.25) is 0 Å². The van der Waals surface area contributed by atoms with Crippen molar-refractivity contribution in [3.63, 3.8) is 0 Å². The van der Waals surface area contributed by atoms with E-state index < -0.39 is 17.7 Å². The van der Waals surface area contributed by atoms with Crippen LogP contribution in [-0.4, -0.2) is 12.2 Å². The quantitative estimate of drug-likeness (QED) is 0.931. The standard InChI is InChI=1S/C14H11ClF2O2/c1-19-12-7-8(5-6-10(12)15)14(18)9-3-2-4-11(16)13(9)17/h2-7,14,18H,1H3. The van der Waals surface area contributed by atoms with Gasteiger partial charge in [0.1, 0.15) is 11.9 Å². The first-order valence-electron chi connectivity index (χ1n) is 5.50. The van der Waals surface area contributed by atoms with Gasteiger partial charge in [0.15, 0.2) is 11.6 Å². The summed E-state index contributed by atoms with van der Waals surface area (Å²) in [5.41, 5.74) is 0.232. The highest BCUT2D eigenvalue weighted by Crippen LogP contribution is 2.31. The molecular formula is C14H11ClF2O2. The van der Waals surface area contributed by atoms with Crippen molar-refractivity contribution in [2.75, 3.05) is 7.11 Å². The van der Waals surface area contributed by atoms with Crippen LogP contribution in [0.3, 0.4) is 0 Å². The van der Waals surface area contributed by atoms with Gasteiger partial charge in [-0.15, -0.1) is 0 Å². The molecule has 0 amide bonds. The van der Waals surface area contributed by atoms with Crippen LogP contribution in [0.4, 0.5) is 8.78 Å². The smallest absolute Gasteiger partial charge is 0.164 e. The van der Waals surface area contributed by atoms with E-state index in [0.717, 1.165) is 6.07 Å². The van der Waals surface area contributed by atoms with Crippen molar-refractivity contribution in [1.82, 2.24) is 0 Å². The molecule has 0 saturated heterocycles. The lowest BCUT2D eigenvalue weighted by molar-refractivity contribution is 0.213. The Hall–Kier alpha value is -1.65. The molecule has 2 aromatic rings. The molecule has 1 unspecified atom stereocenters. The molecule has 0 spiro atoms. The SMILES string of the molecule is COc1cc(C(O)c2cccc(F)c2F)ccc1Cl. The maximum Gasteiger partial charge on any atom is 0.164 e. The van der Waals surface area contributed by atoms with E-state index in [1.807, 2.05) is 0 Å². The molecule has 0 aliphatic heterocycles. The predicted octanol–water partition coefficient (Wildman–Crippen LogP) is 3.71. The van der Waals surface area contributed by atoms with E-state index in [9.17, 15) is 13.9 Å². The molecule has 2 aromatic carbocycles. The van der Waals surface area contributed by atoms with Crippen LogP contribution in [0.1, 0.15) is 17.2 Å². The lowest BCUT2D eigenvalue weighted by Crippen LogP contribution is -2.04. The first kappa shape index (κ1) is 13.8. The highest BCUT2D eigenvalue weighted by Gasteiger charge is 2.18. The van der Waals surface area contributed by atoms with Gasteiger partial charge in [-0.1, -0.05) is 29.8 Å². The number of aliphatic hydroxyl groups excluding tert-OH is 1. The second kappa shape index (κ2) is 5.55. The Morgan fingerprint density at radius 2 is 1.95 bits per heavy atom. The minimum Gasteiger partial charge on any atom is -0.495 e. The van der Waals surface area contributed by atoms with Crippen molar-refractivity contribution < 1.29 is 18.6 Å². The summed E-state index contributed by atoms with van der Waals surface area (Å²) < 4.78 is 31.8. The van der Waals surface area contributed by atoms with Crippen LogP contribution in [-0.2, 0) is 0 Å². The Bertz CT molecular complexity index is 602. The molecule has 1 atom stereocenters. The van der Waals surface area contributed by atoms with Gasteiger partial charge < -0.3 is 9.84 Å². The summed E-state index contributed by atoms with van der Waals surface area (Å²) in [4.78, 5) is 0. The van der Waals surface area contributed by atoms with Gasteiger partial charge in [-0.2, -0.15) is 0 Å². The molecule has 2 nitrogen and oxygen atoms in total. The number of halogens is 3. The summed E-state index contributed by atoms with van der Waals surface area (Å²) in [6.07, 6.45) is -1.29. The molecule has 5 heteroatoms. The van der Waals surface area contributed by atoms with Gasteiger partial charge in [0, 0.05) is 5.56 Å². The van der Waals surface area contributed by atoms with E-state index in [0.29, 0.717) is 16.3 Å². The van der Waals surface area contributed by atoms with Gasteiger partial charge in [0.25, 0.3) is 0 Å². The topological polar surface area (TPSA) is 29.5 Å². The fourth-order valence-corrected chi connectivity index (χ4v) is 1.95. The molecule has 0 aromatic heterocycles. The number of hydrogen-bond acceptors (Lipinski definition) is 2. The predicted molar refractivity (Wildman–Crippen MR) is 68.4 cm³/mol. The molecule has 100 valence electrons. The molecule has 0 bridgehead atoms. The van der Waals surface area contributed by atoms with Crippen molar-refractivity contribution in [1.29, 1.82) is 0 Å². The molecule has 0 radical (unpaired) electrons. The summed E-state index contributed by atoms with van der Waals surface area (Å²) in [6.45, 7) is 0. The fraction of sp³-hybridized carbons (Fsp3) is 0.143. The van der Waals surface area contributed by atoms with Crippen LogP contribution in [0.2, 0.25) is 5.02 Å². The first-order valence-corrected chi connectivity index (χ1v) is 5.87. The summed E-state index contributed by atoms with van der Waals surface area (Å²) in [6, 6.07) is 8.19. The van der Waals surface area contributed by atoms with E-state index in [4.69, 9.17) is 16.3 Å². The molecule has 19 heavy (non-hydrogen) atoms. The zero-order chi connectivity index (χ0) is 14.0. The summed E-state index contributed by atoms with van der Waals surface area (Å²) >= 11 is 5.86. The van der Waals surface area contributed by atoms with Gasteiger partial charge in [-0.3, -0.25) is 0 Å². The van der Waals surface area contributed by atoms with Gasteiger partial charge in [0.05, 0.1) is 12.1 Å². The summed E-state index contributed by atoms with van der Waals surface area (Å²) in [5, 5.41) is 10.5. The van der Waals surface area contributed by atoms with Crippen molar-refractivity contribution in [3.8, 4) is 5.75 Å². The molecule has 0 aliphatic carbocycles. The number of rotatable bonds is 3. The van der Waals surface area contributed by atoms with Gasteiger partial charge >= 0.3 is 0 Å². The number of benzene rings is 2.